The summed E-state index contributed by atoms with van der Waals surface area (Å²) in [4.78, 5) is 21.8. The predicted molar refractivity (Wildman–Crippen MR) is 109 cm³/mol. The summed E-state index contributed by atoms with van der Waals surface area (Å²) < 4.78 is 0. The number of aliphatic imine (C=N–C) groups is 1. The van der Waals surface area contributed by atoms with Gasteiger partial charge in [0.25, 0.3) is 5.91 Å². The van der Waals surface area contributed by atoms with Crippen molar-refractivity contribution in [2.24, 2.45) is 10.7 Å². The van der Waals surface area contributed by atoms with Crippen LogP contribution in [0.3, 0.4) is 0 Å². The molecule has 27 heavy (non-hydrogen) atoms. The quantitative estimate of drug-likeness (QED) is 0.672. The van der Waals surface area contributed by atoms with E-state index >= 15 is 0 Å². The molecule has 0 saturated carbocycles. The number of nitrogens with zero attached hydrogens (tertiary/aromatic N) is 2. The Kier molecular flexibility index (Phi) is 4.40. The molecule has 3 aromatic rings. The first-order valence-electron chi connectivity index (χ1n) is 8.22. The molecule has 1 aromatic carbocycles. The van der Waals surface area contributed by atoms with E-state index in [1.807, 2.05) is 47.9 Å². The predicted octanol–water partition coefficient (Wildman–Crippen LogP) is 4.28. The SMILES string of the molecule is NC(=O)c1c(-c2ccccc2)ccnc1C(O)=C1C=Cc2ccsc2C=N1. The van der Waals surface area contributed by atoms with Crippen molar-refractivity contribution in [3.8, 4) is 11.1 Å². The van der Waals surface area contributed by atoms with Gasteiger partial charge >= 0.3 is 0 Å². The third-order valence-electron chi connectivity index (χ3n) is 4.22. The fraction of sp³-hybridized carbons (Fsp3) is 0. The van der Waals surface area contributed by atoms with Gasteiger partial charge in [0.1, 0.15) is 11.4 Å². The number of carbonyl (C=O) groups excluding carboxylic acids is 1. The Hall–Kier alpha value is -3.51. The summed E-state index contributed by atoms with van der Waals surface area (Å²) in [5, 5.41) is 12.8. The lowest BCUT2D eigenvalue weighted by molar-refractivity contribution is 0.1000. The van der Waals surface area contributed by atoms with Gasteiger partial charge in [-0.25, -0.2) is 0 Å². The minimum Gasteiger partial charge on any atom is -0.504 e. The molecule has 2 aromatic heterocycles. The first-order chi connectivity index (χ1) is 13.1. The van der Waals surface area contributed by atoms with Gasteiger partial charge in [-0.2, -0.15) is 0 Å². The standard InChI is InChI=1S/C21H15N3O2S/c22-21(26)18-15(13-4-2-1-3-5-13)8-10-23-19(18)20(25)16-7-6-14-9-11-27-17(14)12-24-16/h1-12,25H,(H2,22,26). The molecule has 0 aliphatic carbocycles. The largest absolute Gasteiger partial charge is 0.504 e. The Morgan fingerprint density at radius 1 is 1.07 bits per heavy atom. The number of thiophene rings is 1. The number of nitrogens with two attached hydrogens (primary N) is 1. The van der Waals surface area contributed by atoms with E-state index in [1.165, 1.54) is 0 Å². The number of aliphatic hydroxyl groups excluding tert-OH is 1. The van der Waals surface area contributed by atoms with Gasteiger partial charge in [-0.1, -0.05) is 36.4 Å². The van der Waals surface area contributed by atoms with Gasteiger partial charge in [-0.3, -0.25) is 14.8 Å². The number of aliphatic hydroxyl groups is 1. The second-order valence-electron chi connectivity index (χ2n) is 5.88. The summed E-state index contributed by atoms with van der Waals surface area (Å²) >= 11 is 1.56. The summed E-state index contributed by atoms with van der Waals surface area (Å²) in [5.74, 6) is -0.853. The van der Waals surface area contributed by atoms with Gasteiger partial charge in [0.05, 0.1) is 10.4 Å². The van der Waals surface area contributed by atoms with Gasteiger partial charge in [-0.05, 0) is 40.3 Å². The molecule has 0 unspecified atom stereocenters. The number of carbonyl (C=O) groups is 1. The Balaban J connectivity index is 1.88. The maximum Gasteiger partial charge on any atom is 0.251 e. The molecule has 6 heteroatoms. The number of primary amides is 1. The number of allylic oxidation sites excluding steroid dienone is 1. The number of amides is 1. The van der Waals surface area contributed by atoms with E-state index in [9.17, 15) is 9.90 Å². The second kappa shape index (κ2) is 7.01. The number of fused-ring (bicyclic) bond motifs is 1. The van der Waals surface area contributed by atoms with Crippen LogP contribution in [0.15, 0.2) is 70.8 Å². The van der Waals surface area contributed by atoms with Crippen molar-refractivity contribution in [2.45, 2.75) is 0 Å². The number of benzene rings is 1. The molecule has 0 fully saturated rings. The van der Waals surface area contributed by atoms with Gasteiger partial charge < -0.3 is 10.8 Å². The van der Waals surface area contributed by atoms with Crippen LogP contribution in [-0.2, 0) is 0 Å². The van der Waals surface area contributed by atoms with Gasteiger partial charge in [0.15, 0.2) is 5.76 Å². The van der Waals surface area contributed by atoms with E-state index in [2.05, 4.69) is 9.98 Å². The highest BCUT2D eigenvalue weighted by atomic mass is 32.1. The maximum atomic E-state index is 12.2. The molecule has 3 heterocycles. The molecular weight excluding hydrogens is 358 g/mol. The van der Waals surface area contributed by atoms with Crippen molar-refractivity contribution in [1.82, 2.24) is 4.98 Å². The molecule has 0 bridgehead atoms. The third kappa shape index (κ3) is 3.18. The first kappa shape index (κ1) is 16.9. The lowest BCUT2D eigenvalue weighted by atomic mass is 9.97. The number of hydrogen-bond acceptors (Lipinski definition) is 5. The van der Waals surface area contributed by atoms with E-state index < -0.39 is 5.91 Å². The lowest BCUT2D eigenvalue weighted by Gasteiger charge is -2.12. The van der Waals surface area contributed by atoms with Crippen LogP contribution >= 0.6 is 11.3 Å². The molecule has 0 saturated heterocycles. The highest BCUT2D eigenvalue weighted by Gasteiger charge is 2.21. The van der Waals surface area contributed by atoms with Crippen LogP contribution < -0.4 is 5.73 Å². The maximum absolute atomic E-state index is 12.2. The molecule has 0 atom stereocenters. The van der Waals surface area contributed by atoms with Crippen LogP contribution in [0.5, 0.6) is 0 Å². The summed E-state index contributed by atoms with van der Waals surface area (Å²) in [6.07, 6.45) is 6.81. The van der Waals surface area contributed by atoms with Gasteiger partial charge in [0, 0.05) is 12.4 Å². The summed E-state index contributed by atoms with van der Waals surface area (Å²) in [6, 6.07) is 13.1. The van der Waals surface area contributed by atoms with Crippen molar-refractivity contribution in [2.75, 3.05) is 0 Å². The van der Waals surface area contributed by atoms with Crippen LogP contribution in [0.1, 0.15) is 26.5 Å². The minimum atomic E-state index is -0.662. The van der Waals surface area contributed by atoms with E-state index in [-0.39, 0.29) is 17.0 Å². The Bertz CT molecular complexity index is 1080. The van der Waals surface area contributed by atoms with Crippen LogP contribution in [0.2, 0.25) is 0 Å². The molecule has 1 amide bonds. The van der Waals surface area contributed by atoms with Gasteiger partial charge in [0.2, 0.25) is 0 Å². The van der Waals surface area contributed by atoms with Crippen LogP contribution in [0.25, 0.3) is 23.0 Å². The molecule has 3 N–H and O–H groups in total. The average Bonchev–Trinajstić information content (AvgIpc) is 3.05. The highest BCUT2D eigenvalue weighted by Crippen LogP contribution is 2.30. The van der Waals surface area contributed by atoms with E-state index in [4.69, 9.17) is 5.73 Å². The van der Waals surface area contributed by atoms with Crippen molar-refractivity contribution in [3.05, 3.63) is 87.5 Å². The molecular formula is C21H15N3O2S. The second-order valence-corrected chi connectivity index (χ2v) is 6.83. The Labute approximate surface area is 159 Å². The van der Waals surface area contributed by atoms with Crippen molar-refractivity contribution in [3.63, 3.8) is 0 Å². The molecule has 1 aliphatic rings. The molecule has 5 nitrogen and oxygen atoms in total. The number of pyridine rings is 1. The first-order valence-corrected chi connectivity index (χ1v) is 9.10. The molecule has 132 valence electrons. The van der Waals surface area contributed by atoms with Crippen LogP contribution in [-0.4, -0.2) is 22.2 Å². The molecule has 0 spiro atoms. The smallest absolute Gasteiger partial charge is 0.251 e. The number of aromatic nitrogens is 1. The normalized spacial score (nSPS) is 14.5. The Morgan fingerprint density at radius 2 is 1.89 bits per heavy atom. The zero-order chi connectivity index (χ0) is 18.8. The van der Waals surface area contributed by atoms with Crippen molar-refractivity contribution in [1.29, 1.82) is 0 Å². The number of hydrogen-bond donors (Lipinski definition) is 2. The van der Waals surface area contributed by atoms with E-state index in [0.29, 0.717) is 11.3 Å². The topological polar surface area (TPSA) is 88.6 Å². The summed E-state index contributed by atoms with van der Waals surface area (Å²) in [6.45, 7) is 0. The van der Waals surface area contributed by atoms with E-state index in [0.717, 1.165) is 16.0 Å². The average molecular weight is 373 g/mol. The van der Waals surface area contributed by atoms with Crippen molar-refractivity contribution >= 4 is 35.3 Å². The molecule has 0 radical (unpaired) electrons. The lowest BCUT2D eigenvalue weighted by Crippen LogP contribution is -2.16. The third-order valence-corrected chi connectivity index (χ3v) is 5.09. The molecule has 1 aliphatic heterocycles. The summed E-state index contributed by atoms with van der Waals surface area (Å²) in [7, 11) is 0. The summed E-state index contributed by atoms with van der Waals surface area (Å²) in [5.41, 5.74) is 8.68. The van der Waals surface area contributed by atoms with Gasteiger partial charge in [-0.15, -0.1) is 11.3 Å². The number of rotatable bonds is 3. The van der Waals surface area contributed by atoms with Crippen LogP contribution in [0.4, 0.5) is 0 Å². The fourth-order valence-electron chi connectivity index (χ4n) is 2.92. The van der Waals surface area contributed by atoms with Crippen molar-refractivity contribution < 1.29 is 9.90 Å². The fourth-order valence-corrected chi connectivity index (χ4v) is 3.67. The Morgan fingerprint density at radius 3 is 2.67 bits per heavy atom. The monoisotopic (exact) mass is 373 g/mol. The van der Waals surface area contributed by atoms with E-state index in [1.54, 1.807) is 35.9 Å². The van der Waals surface area contributed by atoms with Crippen LogP contribution in [0, 0.1) is 0 Å². The highest BCUT2D eigenvalue weighted by molar-refractivity contribution is 7.12. The zero-order valence-electron chi connectivity index (χ0n) is 14.2. The zero-order valence-corrected chi connectivity index (χ0v) is 15.0. The minimum absolute atomic E-state index is 0.117. The molecule has 4 rings (SSSR count).